The van der Waals surface area contributed by atoms with Crippen molar-refractivity contribution in [2.45, 2.75) is 19.6 Å². The van der Waals surface area contributed by atoms with Crippen LogP contribution >= 0.6 is 11.3 Å². The average molecular weight is 393 g/mol. The van der Waals surface area contributed by atoms with E-state index < -0.39 is 11.7 Å². The van der Waals surface area contributed by atoms with E-state index in [0.717, 1.165) is 18.2 Å². The Hall–Kier alpha value is -2.94. The number of carbonyl (C=O) groups is 1. The molecule has 0 bridgehead atoms. The molecule has 2 heterocycles. The summed E-state index contributed by atoms with van der Waals surface area (Å²) in [5.41, 5.74) is 0.942. The number of nitrogens with zero attached hydrogens (tertiary/aromatic N) is 3. The highest BCUT2D eigenvalue weighted by Gasteiger charge is 2.30. The Morgan fingerprint density at radius 3 is 2.59 bits per heavy atom. The summed E-state index contributed by atoms with van der Waals surface area (Å²) in [6.07, 6.45) is -3.24. The summed E-state index contributed by atoms with van der Waals surface area (Å²) in [4.78, 5) is 18.0. The van der Waals surface area contributed by atoms with Crippen LogP contribution in [-0.2, 0) is 17.5 Å². The predicted octanol–water partition coefficient (Wildman–Crippen LogP) is 4.84. The van der Waals surface area contributed by atoms with Gasteiger partial charge in [0.15, 0.2) is 10.9 Å². The van der Waals surface area contributed by atoms with Crippen molar-refractivity contribution >= 4 is 22.4 Å². The molecular weight excluding hydrogens is 379 g/mol. The lowest BCUT2D eigenvalue weighted by atomic mass is 10.1. The second-order valence-corrected chi connectivity index (χ2v) is 6.49. The van der Waals surface area contributed by atoms with Crippen LogP contribution in [0.15, 0.2) is 52.9 Å². The summed E-state index contributed by atoms with van der Waals surface area (Å²) in [5.74, 6) is 0.103. The standard InChI is InChI=1S/C18H14F3N3O2S/c1-3-16(25)24(9-14-8-11(2)23-26-14)17-22-15(10-27-17)12-4-6-13(7-5-12)18(19,20)21/h3-8,10H,1,9H2,2H3. The summed E-state index contributed by atoms with van der Waals surface area (Å²) < 4.78 is 43.2. The zero-order chi connectivity index (χ0) is 19.6. The van der Waals surface area contributed by atoms with E-state index in [1.807, 2.05) is 0 Å². The first-order chi connectivity index (χ1) is 12.8. The third kappa shape index (κ3) is 4.25. The number of hydrogen-bond acceptors (Lipinski definition) is 5. The van der Waals surface area contributed by atoms with Gasteiger partial charge in [-0.3, -0.25) is 9.69 Å². The van der Waals surface area contributed by atoms with E-state index in [-0.39, 0.29) is 12.5 Å². The summed E-state index contributed by atoms with van der Waals surface area (Å²) in [5, 5.41) is 5.83. The number of benzene rings is 1. The van der Waals surface area contributed by atoms with E-state index in [1.165, 1.54) is 28.4 Å². The van der Waals surface area contributed by atoms with Crippen LogP contribution in [0.2, 0.25) is 0 Å². The van der Waals surface area contributed by atoms with Crippen molar-refractivity contribution in [3.05, 3.63) is 65.4 Å². The summed E-state index contributed by atoms with van der Waals surface area (Å²) in [6, 6.07) is 6.40. The van der Waals surface area contributed by atoms with Crippen molar-refractivity contribution in [2.24, 2.45) is 0 Å². The smallest absolute Gasteiger partial charge is 0.359 e. The van der Waals surface area contributed by atoms with Gasteiger partial charge in [0, 0.05) is 17.0 Å². The fourth-order valence-corrected chi connectivity index (χ4v) is 3.19. The number of aryl methyl sites for hydroxylation is 1. The second kappa shape index (κ2) is 7.36. The molecule has 3 aromatic rings. The Labute approximate surface area is 156 Å². The summed E-state index contributed by atoms with van der Waals surface area (Å²) >= 11 is 1.19. The van der Waals surface area contributed by atoms with E-state index in [1.54, 1.807) is 18.4 Å². The van der Waals surface area contributed by atoms with Crippen LogP contribution in [0, 0.1) is 6.92 Å². The first-order valence-electron chi connectivity index (χ1n) is 7.77. The monoisotopic (exact) mass is 393 g/mol. The summed E-state index contributed by atoms with van der Waals surface area (Å²) in [7, 11) is 0. The molecule has 0 saturated heterocycles. The zero-order valence-electron chi connectivity index (χ0n) is 14.2. The number of rotatable bonds is 5. The van der Waals surface area contributed by atoms with Gasteiger partial charge >= 0.3 is 6.18 Å². The number of hydrogen-bond donors (Lipinski definition) is 0. The van der Waals surface area contributed by atoms with E-state index in [4.69, 9.17) is 4.52 Å². The molecule has 0 aliphatic heterocycles. The van der Waals surface area contributed by atoms with Crippen molar-refractivity contribution in [1.82, 2.24) is 10.1 Å². The van der Waals surface area contributed by atoms with E-state index in [2.05, 4.69) is 16.7 Å². The summed E-state index contributed by atoms with van der Waals surface area (Å²) in [6.45, 7) is 5.36. The highest BCUT2D eigenvalue weighted by Crippen LogP contribution is 2.33. The maximum Gasteiger partial charge on any atom is 0.416 e. The SMILES string of the molecule is C=CC(=O)N(Cc1cc(C)no1)c1nc(-c2ccc(C(F)(F)F)cc2)cs1. The van der Waals surface area contributed by atoms with Gasteiger partial charge in [0.25, 0.3) is 5.91 Å². The average Bonchev–Trinajstić information content (AvgIpc) is 3.27. The highest BCUT2D eigenvalue weighted by atomic mass is 32.1. The fraction of sp³-hybridized carbons (Fsp3) is 0.167. The lowest BCUT2D eigenvalue weighted by Crippen LogP contribution is -2.28. The normalized spacial score (nSPS) is 11.4. The van der Waals surface area contributed by atoms with Crippen LogP contribution in [-0.4, -0.2) is 16.0 Å². The Morgan fingerprint density at radius 1 is 1.33 bits per heavy atom. The van der Waals surface area contributed by atoms with E-state index in [0.29, 0.717) is 27.8 Å². The molecule has 3 rings (SSSR count). The van der Waals surface area contributed by atoms with Crippen molar-refractivity contribution in [2.75, 3.05) is 4.90 Å². The van der Waals surface area contributed by atoms with E-state index in [9.17, 15) is 18.0 Å². The van der Waals surface area contributed by atoms with E-state index >= 15 is 0 Å². The van der Waals surface area contributed by atoms with Crippen LogP contribution in [0.5, 0.6) is 0 Å². The molecule has 0 spiro atoms. The Balaban J connectivity index is 1.87. The van der Waals surface area contributed by atoms with Gasteiger partial charge in [-0.1, -0.05) is 23.9 Å². The number of halogens is 3. The van der Waals surface area contributed by atoms with Gasteiger partial charge in [0.2, 0.25) is 0 Å². The zero-order valence-corrected chi connectivity index (χ0v) is 15.0. The largest absolute Gasteiger partial charge is 0.416 e. The molecule has 0 unspecified atom stereocenters. The maximum absolute atomic E-state index is 12.7. The van der Waals surface area contributed by atoms with Crippen LogP contribution in [0.25, 0.3) is 11.3 Å². The van der Waals surface area contributed by atoms with Gasteiger partial charge in [-0.25, -0.2) is 4.98 Å². The molecule has 0 saturated carbocycles. The third-order valence-corrected chi connectivity index (χ3v) is 4.53. The van der Waals surface area contributed by atoms with Crippen LogP contribution in [0.3, 0.4) is 0 Å². The first-order valence-corrected chi connectivity index (χ1v) is 8.65. The van der Waals surface area contributed by atoms with Gasteiger partial charge in [-0.05, 0) is 25.1 Å². The second-order valence-electron chi connectivity index (χ2n) is 5.65. The number of thiazole rings is 1. The topological polar surface area (TPSA) is 59.2 Å². The Morgan fingerprint density at radius 2 is 2.04 bits per heavy atom. The molecule has 140 valence electrons. The number of alkyl halides is 3. The van der Waals surface area contributed by atoms with Crippen LogP contribution < -0.4 is 4.90 Å². The third-order valence-electron chi connectivity index (χ3n) is 3.66. The molecular formula is C18H14F3N3O2S. The van der Waals surface area contributed by atoms with Crippen LogP contribution in [0.4, 0.5) is 18.3 Å². The minimum atomic E-state index is -4.39. The molecule has 5 nitrogen and oxygen atoms in total. The minimum Gasteiger partial charge on any atom is -0.359 e. The van der Waals surface area contributed by atoms with Crippen molar-refractivity contribution in [1.29, 1.82) is 0 Å². The predicted molar refractivity (Wildman–Crippen MR) is 95.2 cm³/mol. The Kier molecular flexibility index (Phi) is 5.13. The lowest BCUT2D eigenvalue weighted by Gasteiger charge is -2.16. The van der Waals surface area contributed by atoms with Crippen molar-refractivity contribution in [3.8, 4) is 11.3 Å². The fourth-order valence-electron chi connectivity index (χ4n) is 2.35. The first kappa shape index (κ1) is 18.8. The number of carbonyl (C=O) groups excluding carboxylic acids is 1. The lowest BCUT2D eigenvalue weighted by molar-refractivity contribution is -0.137. The quantitative estimate of drug-likeness (QED) is 0.582. The van der Waals surface area contributed by atoms with Gasteiger partial charge < -0.3 is 4.52 Å². The van der Waals surface area contributed by atoms with Gasteiger partial charge in [0.1, 0.15) is 0 Å². The molecule has 0 fully saturated rings. The molecule has 9 heteroatoms. The minimum absolute atomic E-state index is 0.117. The molecule has 0 aliphatic rings. The number of amides is 1. The Bertz CT molecular complexity index is 961. The molecule has 2 aromatic heterocycles. The number of aromatic nitrogens is 2. The molecule has 0 atom stereocenters. The molecule has 0 radical (unpaired) electrons. The van der Waals surface area contributed by atoms with Crippen LogP contribution in [0.1, 0.15) is 17.0 Å². The molecule has 1 aromatic carbocycles. The number of anilines is 1. The molecule has 27 heavy (non-hydrogen) atoms. The van der Waals surface area contributed by atoms with Crippen molar-refractivity contribution in [3.63, 3.8) is 0 Å². The van der Waals surface area contributed by atoms with Gasteiger partial charge in [-0.2, -0.15) is 13.2 Å². The molecule has 1 amide bonds. The maximum atomic E-state index is 12.7. The van der Waals surface area contributed by atoms with Gasteiger partial charge in [0.05, 0.1) is 23.5 Å². The highest BCUT2D eigenvalue weighted by molar-refractivity contribution is 7.14. The molecule has 0 aliphatic carbocycles. The van der Waals surface area contributed by atoms with Crippen molar-refractivity contribution < 1.29 is 22.5 Å². The molecule has 0 N–H and O–H groups in total. The van der Waals surface area contributed by atoms with Gasteiger partial charge in [-0.15, -0.1) is 11.3 Å².